The van der Waals surface area contributed by atoms with Gasteiger partial charge in [-0.05, 0) is 0 Å². The molecule has 1 aliphatic heterocycles. The zero-order chi connectivity index (χ0) is 14.6. The first-order valence-corrected chi connectivity index (χ1v) is 6.32. The van der Waals surface area contributed by atoms with Gasteiger partial charge in [-0.2, -0.15) is 0 Å². The third-order valence-electron chi connectivity index (χ3n) is 2.71. The van der Waals surface area contributed by atoms with Gasteiger partial charge in [0.05, 0.1) is 33.0 Å². The fraction of sp³-hybridized carbons (Fsp3) is 0.636. The zero-order valence-electron chi connectivity index (χ0n) is 10.7. The van der Waals surface area contributed by atoms with Crippen LogP contribution in [0.4, 0.5) is 0 Å². The highest BCUT2D eigenvalue weighted by atomic mass is 32.2. The topological polar surface area (TPSA) is 96.0 Å². The smallest absolute Gasteiger partial charge is 0.320 e. The highest BCUT2D eigenvalue weighted by Crippen LogP contribution is 2.38. The van der Waals surface area contributed by atoms with E-state index in [1.807, 2.05) is 0 Å². The lowest BCUT2D eigenvalue weighted by molar-refractivity contribution is -0.154. The number of thioether (sulfide) groups is 1. The van der Waals surface area contributed by atoms with Crippen LogP contribution < -0.4 is 0 Å². The van der Waals surface area contributed by atoms with Crippen molar-refractivity contribution < 1.29 is 33.4 Å². The van der Waals surface area contributed by atoms with Crippen molar-refractivity contribution in [1.29, 1.82) is 0 Å². The lowest BCUT2D eigenvalue weighted by atomic mass is 9.97. The molecule has 0 amide bonds. The molecule has 0 radical (unpaired) electrons. The lowest BCUT2D eigenvalue weighted by Gasteiger charge is -2.12. The molecule has 0 aromatic heterocycles. The van der Waals surface area contributed by atoms with Gasteiger partial charge in [0, 0.05) is 0 Å². The van der Waals surface area contributed by atoms with E-state index in [-0.39, 0.29) is 6.42 Å². The second-order valence-electron chi connectivity index (χ2n) is 3.75. The van der Waals surface area contributed by atoms with E-state index in [9.17, 15) is 19.2 Å². The third-order valence-corrected chi connectivity index (χ3v) is 4.19. The molecule has 1 rings (SSSR count). The van der Waals surface area contributed by atoms with Crippen LogP contribution in [0.1, 0.15) is 6.42 Å². The molecule has 1 saturated heterocycles. The average molecular weight is 290 g/mol. The maximum absolute atomic E-state index is 12.1. The number of rotatable bonds is 4. The monoisotopic (exact) mass is 290 g/mol. The first-order chi connectivity index (χ1) is 8.96. The van der Waals surface area contributed by atoms with E-state index in [1.54, 1.807) is 0 Å². The van der Waals surface area contributed by atoms with Crippen LogP contribution in [-0.4, -0.2) is 55.5 Å². The first kappa shape index (κ1) is 15.5. The Balaban J connectivity index is 2.92. The summed E-state index contributed by atoms with van der Waals surface area (Å²) in [6, 6.07) is 0. The van der Waals surface area contributed by atoms with E-state index in [4.69, 9.17) is 0 Å². The minimum absolute atomic E-state index is 0.193. The van der Waals surface area contributed by atoms with Gasteiger partial charge in [0.2, 0.25) is 0 Å². The maximum Gasteiger partial charge on any atom is 0.320 e. The van der Waals surface area contributed by atoms with E-state index < -0.39 is 40.1 Å². The Bertz CT molecular complexity index is 406. The summed E-state index contributed by atoms with van der Waals surface area (Å²) in [5, 5.41) is -1.79. The normalized spacial score (nSPS) is 25.8. The fourth-order valence-electron chi connectivity index (χ4n) is 1.73. The number of ether oxygens (including phenoxy) is 3. The zero-order valence-corrected chi connectivity index (χ0v) is 11.5. The summed E-state index contributed by atoms with van der Waals surface area (Å²) in [5.74, 6) is -3.84. The van der Waals surface area contributed by atoms with Gasteiger partial charge in [-0.15, -0.1) is 11.8 Å². The number of carbonyl (C=O) groups excluding carboxylic acids is 4. The largest absolute Gasteiger partial charge is 0.469 e. The molecule has 0 saturated carbocycles. The lowest BCUT2D eigenvalue weighted by Crippen LogP contribution is -2.35. The molecule has 0 N–H and O–H groups in total. The maximum atomic E-state index is 12.1. The molecule has 19 heavy (non-hydrogen) atoms. The Kier molecular flexibility index (Phi) is 5.34. The van der Waals surface area contributed by atoms with Crippen LogP contribution in [0.3, 0.4) is 0 Å². The molecule has 106 valence electrons. The van der Waals surface area contributed by atoms with Gasteiger partial charge < -0.3 is 14.2 Å². The van der Waals surface area contributed by atoms with Crippen molar-refractivity contribution in [2.24, 2.45) is 5.92 Å². The van der Waals surface area contributed by atoms with Crippen molar-refractivity contribution in [3.8, 4) is 0 Å². The molecule has 0 aromatic carbocycles. The van der Waals surface area contributed by atoms with Crippen LogP contribution in [0.25, 0.3) is 0 Å². The molecular formula is C11H14O7S. The number of hydrogen-bond donors (Lipinski definition) is 0. The first-order valence-electron chi connectivity index (χ1n) is 5.37. The molecule has 0 bridgehead atoms. The Labute approximate surface area is 113 Å². The number of carbonyl (C=O) groups is 4. The number of methoxy groups -OCH3 is 3. The predicted molar refractivity (Wildman–Crippen MR) is 64.3 cm³/mol. The van der Waals surface area contributed by atoms with Crippen molar-refractivity contribution >= 4 is 35.5 Å². The van der Waals surface area contributed by atoms with Gasteiger partial charge in [0.15, 0.2) is 5.78 Å². The number of hydrogen-bond acceptors (Lipinski definition) is 8. The molecule has 7 nitrogen and oxygen atoms in total. The fourth-order valence-corrected chi connectivity index (χ4v) is 3.21. The molecule has 0 spiro atoms. The van der Waals surface area contributed by atoms with Crippen LogP contribution in [0, 0.1) is 5.92 Å². The number of esters is 3. The van der Waals surface area contributed by atoms with Crippen LogP contribution in [0.15, 0.2) is 0 Å². The Morgan fingerprint density at radius 3 is 2.11 bits per heavy atom. The van der Waals surface area contributed by atoms with Gasteiger partial charge in [-0.25, -0.2) is 0 Å². The van der Waals surface area contributed by atoms with Crippen molar-refractivity contribution in [1.82, 2.24) is 0 Å². The van der Waals surface area contributed by atoms with E-state index in [0.29, 0.717) is 0 Å². The predicted octanol–water partition coefficient (Wildman–Crippen LogP) is -0.435. The van der Waals surface area contributed by atoms with Crippen molar-refractivity contribution in [3.05, 3.63) is 0 Å². The van der Waals surface area contributed by atoms with E-state index in [1.165, 1.54) is 7.11 Å². The summed E-state index contributed by atoms with van der Waals surface area (Å²) in [7, 11) is 3.49. The number of Topliss-reactive ketones (excluding diaryl/α,β-unsaturated/α-hetero) is 1. The van der Waals surface area contributed by atoms with Crippen molar-refractivity contribution in [2.75, 3.05) is 21.3 Å². The Hall–Kier alpha value is -1.57. The minimum atomic E-state index is -1.24. The van der Waals surface area contributed by atoms with Gasteiger partial charge >= 0.3 is 17.9 Å². The molecular weight excluding hydrogens is 276 g/mol. The molecule has 0 aliphatic carbocycles. The summed E-state index contributed by atoms with van der Waals surface area (Å²) in [6.45, 7) is 0. The average Bonchev–Trinajstić information content (AvgIpc) is 2.74. The van der Waals surface area contributed by atoms with E-state index in [2.05, 4.69) is 14.2 Å². The van der Waals surface area contributed by atoms with Crippen molar-refractivity contribution in [2.45, 2.75) is 16.9 Å². The van der Waals surface area contributed by atoms with Gasteiger partial charge in [0.25, 0.3) is 0 Å². The second-order valence-corrected chi connectivity index (χ2v) is 5.10. The van der Waals surface area contributed by atoms with Crippen LogP contribution in [0.2, 0.25) is 0 Å². The highest BCUT2D eigenvalue weighted by Gasteiger charge is 2.52. The Morgan fingerprint density at radius 1 is 1.05 bits per heavy atom. The van der Waals surface area contributed by atoms with Crippen LogP contribution >= 0.6 is 11.8 Å². The molecule has 3 atom stereocenters. The SMILES string of the molecule is COC(=O)C[C@@H]1S[C@@H](C(=O)OC)[C@H](C(=O)OC)C1=O. The summed E-state index contributed by atoms with van der Waals surface area (Å²) in [6.07, 6.45) is -0.193. The van der Waals surface area contributed by atoms with Crippen LogP contribution in [0.5, 0.6) is 0 Å². The molecule has 0 aromatic rings. The molecule has 0 unspecified atom stereocenters. The second kappa shape index (κ2) is 6.55. The summed E-state index contributed by atoms with van der Waals surface area (Å²) < 4.78 is 13.5. The minimum Gasteiger partial charge on any atom is -0.469 e. The quantitative estimate of drug-likeness (QED) is 0.391. The van der Waals surface area contributed by atoms with Crippen molar-refractivity contribution in [3.63, 3.8) is 0 Å². The summed E-state index contributed by atoms with van der Waals surface area (Å²) in [4.78, 5) is 46.4. The number of ketones is 1. The molecule has 1 fully saturated rings. The molecule has 1 aliphatic rings. The van der Waals surface area contributed by atoms with Gasteiger partial charge in [0.1, 0.15) is 11.2 Å². The summed E-state index contributed by atoms with van der Waals surface area (Å²) in [5.41, 5.74) is 0. The van der Waals surface area contributed by atoms with Gasteiger partial charge in [-0.1, -0.05) is 0 Å². The highest BCUT2D eigenvalue weighted by molar-refractivity contribution is 8.02. The van der Waals surface area contributed by atoms with Gasteiger partial charge in [-0.3, -0.25) is 19.2 Å². The standard InChI is InChI=1S/C11H14O7S/c1-16-6(12)4-5-8(13)7(10(14)17-2)9(19-5)11(15)18-3/h5,7,9H,4H2,1-3H3/t5-,7+,9+/m0/s1. The molecule has 8 heteroatoms. The Morgan fingerprint density at radius 2 is 1.63 bits per heavy atom. The third kappa shape index (κ3) is 3.25. The van der Waals surface area contributed by atoms with Crippen LogP contribution in [-0.2, 0) is 33.4 Å². The van der Waals surface area contributed by atoms with E-state index in [0.717, 1.165) is 26.0 Å². The molecule has 1 heterocycles. The summed E-state index contributed by atoms with van der Waals surface area (Å²) >= 11 is 0.921. The van der Waals surface area contributed by atoms with E-state index >= 15 is 0 Å².